The second kappa shape index (κ2) is 5.82. The molecular weight excluding hydrogens is 230 g/mol. The first-order valence-corrected chi connectivity index (χ1v) is 6.40. The van der Waals surface area contributed by atoms with Gasteiger partial charge in [0.25, 0.3) is 5.69 Å². The Hall–Kier alpha value is -1.62. The van der Waals surface area contributed by atoms with Gasteiger partial charge in [0.15, 0.2) is 0 Å². The Morgan fingerprint density at radius 3 is 2.83 bits per heavy atom. The highest BCUT2D eigenvalue weighted by Gasteiger charge is 2.19. The van der Waals surface area contributed by atoms with Crippen molar-refractivity contribution in [2.24, 2.45) is 0 Å². The fraction of sp³-hybridized carbons (Fsp3) is 0.538. The minimum Gasteiger partial charge on any atom is -0.385 e. The highest BCUT2D eigenvalue weighted by Crippen LogP contribution is 2.24. The zero-order chi connectivity index (χ0) is 13.0. The maximum atomic E-state index is 10.8. The number of hydrogen-bond donors (Lipinski definition) is 2. The van der Waals surface area contributed by atoms with E-state index in [1.807, 2.05) is 6.07 Å². The van der Waals surface area contributed by atoms with Crippen LogP contribution in [0.4, 0.5) is 11.4 Å². The van der Waals surface area contributed by atoms with E-state index >= 15 is 0 Å². The van der Waals surface area contributed by atoms with E-state index < -0.39 is 0 Å². The number of nitrogens with zero attached hydrogens (tertiary/aromatic N) is 1. The standard InChI is InChI=1S/C13H19N3O2/c1-10-12(4-2-5-13(10)16(17)18)15-9-3-8-14-11-6-7-11/h2,4-5,11,14-15H,3,6-9H2,1H3. The molecule has 0 bridgehead atoms. The molecule has 0 radical (unpaired) electrons. The maximum Gasteiger partial charge on any atom is 0.274 e. The molecule has 1 fully saturated rings. The summed E-state index contributed by atoms with van der Waals surface area (Å²) in [5.74, 6) is 0. The summed E-state index contributed by atoms with van der Waals surface area (Å²) >= 11 is 0. The van der Waals surface area contributed by atoms with Crippen LogP contribution in [0.1, 0.15) is 24.8 Å². The van der Waals surface area contributed by atoms with E-state index in [-0.39, 0.29) is 10.6 Å². The zero-order valence-electron chi connectivity index (χ0n) is 10.6. The van der Waals surface area contributed by atoms with Crippen molar-refractivity contribution in [2.75, 3.05) is 18.4 Å². The topological polar surface area (TPSA) is 67.2 Å². The van der Waals surface area contributed by atoms with Crippen molar-refractivity contribution in [3.8, 4) is 0 Å². The molecule has 0 atom stereocenters. The van der Waals surface area contributed by atoms with Crippen LogP contribution in [0.2, 0.25) is 0 Å². The number of benzene rings is 1. The lowest BCUT2D eigenvalue weighted by atomic mass is 10.1. The van der Waals surface area contributed by atoms with Gasteiger partial charge < -0.3 is 10.6 Å². The number of hydrogen-bond acceptors (Lipinski definition) is 4. The van der Waals surface area contributed by atoms with Gasteiger partial charge in [-0.1, -0.05) is 6.07 Å². The molecule has 2 rings (SSSR count). The van der Waals surface area contributed by atoms with Gasteiger partial charge in [-0.3, -0.25) is 10.1 Å². The predicted molar refractivity (Wildman–Crippen MR) is 72.0 cm³/mol. The summed E-state index contributed by atoms with van der Waals surface area (Å²) in [6, 6.07) is 5.88. The molecule has 1 aliphatic rings. The van der Waals surface area contributed by atoms with Crippen molar-refractivity contribution in [3.05, 3.63) is 33.9 Å². The normalized spacial score (nSPS) is 14.5. The Balaban J connectivity index is 1.80. The second-order valence-corrected chi connectivity index (χ2v) is 4.72. The third-order valence-corrected chi connectivity index (χ3v) is 3.18. The number of nitrogens with one attached hydrogen (secondary N) is 2. The smallest absolute Gasteiger partial charge is 0.274 e. The molecule has 0 aromatic heterocycles. The first kappa shape index (κ1) is 12.8. The third-order valence-electron chi connectivity index (χ3n) is 3.18. The van der Waals surface area contributed by atoms with Crippen molar-refractivity contribution in [1.82, 2.24) is 5.32 Å². The average molecular weight is 249 g/mol. The molecule has 98 valence electrons. The molecule has 0 spiro atoms. The molecule has 0 heterocycles. The van der Waals surface area contributed by atoms with Crippen molar-refractivity contribution in [2.45, 2.75) is 32.2 Å². The Bertz CT molecular complexity index is 430. The molecule has 2 N–H and O–H groups in total. The monoisotopic (exact) mass is 249 g/mol. The predicted octanol–water partition coefficient (Wildman–Crippen LogP) is 2.46. The van der Waals surface area contributed by atoms with Crippen LogP contribution in [0.15, 0.2) is 18.2 Å². The fourth-order valence-electron chi connectivity index (χ4n) is 1.92. The van der Waals surface area contributed by atoms with Crippen LogP contribution in [-0.2, 0) is 0 Å². The average Bonchev–Trinajstić information content (AvgIpc) is 3.14. The molecule has 0 saturated heterocycles. The van der Waals surface area contributed by atoms with Crippen molar-refractivity contribution < 1.29 is 4.92 Å². The molecule has 5 nitrogen and oxygen atoms in total. The molecule has 1 aromatic rings. The van der Waals surface area contributed by atoms with Gasteiger partial charge in [-0.2, -0.15) is 0 Å². The molecular formula is C13H19N3O2. The van der Waals surface area contributed by atoms with Crippen molar-refractivity contribution in [3.63, 3.8) is 0 Å². The fourth-order valence-corrected chi connectivity index (χ4v) is 1.92. The lowest BCUT2D eigenvalue weighted by Gasteiger charge is -2.09. The zero-order valence-corrected chi connectivity index (χ0v) is 10.6. The van der Waals surface area contributed by atoms with Gasteiger partial charge in [0.1, 0.15) is 0 Å². The Morgan fingerprint density at radius 2 is 2.17 bits per heavy atom. The summed E-state index contributed by atoms with van der Waals surface area (Å²) in [5, 5.41) is 17.5. The van der Waals surface area contributed by atoms with Gasteiger partial charge in [0.2, 0.25) is 0 Å². The number of nitro benzene ring substituents is 1. The SMILES string of the molecule is Cc1c(NCCCNC2CC2)cccc1[N+](=O)[O-]. The maximum absolute atomic E-state index is 10.8. The number of rotatable bonds is 7. The quantitative estimate of drug-likeness (QED) is 0.442. The van der Waals surface area contributed by atoms with Crippen LogP contribution in [0.5, 0.6) is 0 Å². The summed E-state index contributed by atoms with van der Waals surface area (Å²) in [6.07, 6.45) is 3.63. The van der Waals surface area contributed by atoms with Gasteiger partial charge in [0, 0.05) is 29.9 Å². The van der Waals surface area contributed by atoms with Crippen LogP contribution in [0, 0.1) is 17.0 Å². The van der Waals surface area contributed by atoms with Crippen LogP contribution in [-0.4, -0.2) is 24.1 Å². The Labute approximate surface area is 107 Å². The van der Waals surface area contributed by atoms with E-state index in [1.165, 1.54) is 18.9 Å². The van der Waals surface area contributed by atoms with Crippen LogP contribution in [0.3, 0.4) is 0 Å². The highest BCUT2D eigenvalue weighted by atomic mass is 16.6. The summed E-state index contributed by atoms with van der Waals surface area (Å²) < 4.78 is 0. The van der Waals surface area contributed by atoms with E-state index in [9.17, 15) is 10.1 Å². The van der Waals surface area contributed by atoms with Gasteiger partial charge >= 0.3 is 0 Å². The van der Waals surface area contributed by atoms with Gasteiger partial charge in [0.05, 0.1) is 4.92 Å². The molecule has 5 heteroatoms. The van der Waals surface area contributed by atoms with Crippen LogP contribution < -0.4 is 10.6 Å². The Kier molecular flexibility index (Phi) is 4.15. The van der Waals surface area contributed by atoms with Crippen molar-refractivity contribution in [1.29, 1.82) is 0 Å². The number of nitro groups is 1. The van der Waals surface area contributed by atoms with Crippen LogP contribution >= 0.6 is 0 Å². The summed E-state index contributed by atoms with van der Waals surface area (Å²) in [7, 11) is 0. The first-order valence-electron chi connectivity index (χ1n) is 6.40. The van der Waals surface area contributed by atoms with E-state index in [4.69, 9.17) is 0 Å². The molecule has 1 aromatic carbocycles. The lowest BCUT2D eigenvalue weighted by molar-refractivity contribution is -0.385. The van der Waals surface area contributed by atoms with Gasteiger partial charge in [-0.15, -0.1) is 0 Å². The van der Waals surface area contributed by atoms with E-state index in [0.717, 1.165) is 31.2 Å². The van der Waals surface area contributed by atoms with Crippen molar-refractivity contribution >= 4 is 11.4 Å². The first-order chi connectivity index (χ1) is 8.68. The molecule has 0 unspecified atom stereocenters. The number of anilines is 1. The Morgan fingerprint density at radius 1 is 1.39 bits per heavy atom. The summed E-state index contributed by atoms with van der Waals surface area (Å²) in [6.45, 7) is 3.62. The molecule has 1 aliphatic carbocycles. The lowest BCUT2D eigenvalue weighted by Crippen LogP contribution is -2.20. The third kappa shape index (κ3) is 3.43. The summed E-state index contributed by atoms with van der Waals surface area (Å²) in [4.78, 5) is 10.5. The molecule has 0 amide bonds. The molecule has 18 heavy (non-hydrogen) atoms. The minimum absolute atomic E-state index is 0.177. The highest BCUT2D eigenvalue weighted by molar-refractivity contribution is 5.59. The minimum atomic E-state index is -0.338. The summed E-state index contributed by atoms with van der Waals surface area (Å²) in [5.41, 5.74) is 1.74. The van der Waals surface area contributed by atoms with Crippen LogP contribution in [0.25, 0.3) is 0 Å². The van der Waals surface area contributed by atoms with Gasteiger partial charge in [-0.25, -0.2) is 0 Å². The molecule has 0 aliphatic heterocycles. The van der Waals surface area contributed by atoms with E-state index in [2.05, 4.69) is 10.6 Å². The van der Waals surface area contributed by atoms with E-state index in [1.54, 1.807) is 13.0 Å². The largest absolute Gasteiger partial charge is 0.385 e. The van der Waals surface area contributed by atoms with E-state index in [0.29, 0.717) is 5.56 Å². The van der Waals surface area contributed by atoms with Gasteiger partial charge in [-0.05, 0) is 38.8 Å². The molecule has 1 saturated carbocycles. The second-order valence-electron chi connectivity index (χ2n) is 4.72.